The lowest BCUT2D eigenvalue weighted by atomic mass is 9.68. The molecule has 0 atom stereocenters. The molecule has 1 nitrogen and oxygen atoms in total. The normalized spacial score (nSPS) is 14.2. The molecule has 3 aliphatic rings. The molecule has 0 radical (unpaired) electrons. The fraction of sp³-hybridized carbons (Fsp3) is 0.0357. The number of fused-ring (bicyclic) bond motifs is 13. The summed E-state index contributed by atoms with van der Waals surface area (Å²) in [6.07, 6.45) is 0. The Labute approximate surface area is 333 Å². The first-order chi connectivity index (χ1) is 28.3. The van der Waals surface area contributed by atoms with Crippen LogP contribution in [0.25, 0.3) is 33.4 Å². The maximum atomic E-state index is 2.49. The number of rotatable bonds is 5. The summed E-state index contributed by atoms with van der Waals surface area (Å²) in [5.74, 6) is 0. The molecular weight excluding hydrogens is 687 g/mol. The molecule has 9 aromatic rings. The maximum absolute atomic E-state index is 2.49. The van der Waals surface area contributed by atoms with Gasteiger partial charge in [-0.15, -0.1) is 0 Å². The van der Waals surface area contributed by atoms with Gasteiger partial charge in [-0.2, -0.15) is 0 Å². The fourth-order valence-electron chi connectivity index (χ4n) is 10.8. The highest BCUT2D eigenvalue weighted by Gasteiger charge is 2.52. The summed E-state index contributed by atoms with van der Waals surface area (Å²) in [4.78, 5) is 2.46. The summed E-state index contributed by atoms with van der Waals surface area (Å²) in [7, 11) is 0. The Bertz CT molecular complexity index is 2910. The molecule has 0 unspecified atom stereocenters. The van der Waals surface area contributed by atoms with Gasteiger partial charge in [0.15, 0.2) is 0 Å². The monoisotopic (exact) mass is 723 g/mol. The predicted octanol–water partition coefficient (Wildman–Crippen LogP) is 13.9. The van der Waals surface area contributed by atoms with E-state index in [0.29, 0.717) is 0 Å². The molecule has 0 saturated carbocycles. The van der Waals surface area contributed by atoms with Crippen LogP contribution < -0.4 is 4.90 Å². The highest BCUT2D eigenvalue weighted by atomic mass is 15.1. The van der Waals surface area contributed by atoms with E-state index in [1.807, 2.05) is 0 Å². The molecule has 12 rings (SSSR count). The number of benzene rings is 9. The molecule has 0 aromatic heterocycles. The van der Waals surface area contributed by atoms with Gasteiger partial charge in [-0.1, -0.05) is 188 Å². The van der Waals surface area contributed by atoms with Crippen LogP contribution in [0.15, 0.2) is 224 Å². The zero-order chi connectivity index (χ0) is 37.6. The summed E-state index contributed by atoms with van der Waals surface area (Å²) >= 11 is 0. The minimum atomic E-state index is -0.445. The molecule has 1 spiro atoms. The van der Waals surface area contributed by atoms with Crippen molar-refractivity contribution in [2.24, 2.45) is 0 Å². The van der Waals surface area contributed by atoms with Crippen molar-refractivity contribution in [3.8, 4) is 33.4 Å². The van der Waals surface area contributed by atoms with E-state index in [2.05, 4.69) is 229 Å². The van der Waals surface area contributed by atoms with E-state index in [4.69, 9.17) is 0 Å². The molecule has 0 heterocycles. The Morgan fingerprint density at radius 3 is 1.12 bits per heavy atom. The Balaban J connectivity index is 1.11. The zero-order valence-electron chi connectivity index (χ0n) is 31.3. The van der Waals surface area contributed by atoms with E-state index in [0.717, 1.165) is 17.1 Å². The van der Waals surface area contributed by atoms with Gasteiger partial charge < -0.3 is 4.90 Å². The van der Waals surface area contributed by atoms with Crippen molar-refractivity contribution in [1.29, 1.82) is 0 Å². The summed E-state index contributed by atoms with van der Waals surface area (Å²) in [6, 6.07) is 83.5. The summed E-state index contributed by atoms with van der Waals surface area (Å²) in [5.41, 5.74) is 20.9. The summed E-state index contributed by atoms with van der Waals surface area (Å²) < 4.78 is 0. The van der Waals surface area contributed by atoms with E-state index >= 15 is 0 Å². The molecule has 0 amide bonds. The van der Waals surface area contributed by atoms with Crippen LogP contribution in [0.3, 0.4) is 0 Å². The molecular formula is C56H37N. The van der Waals surface area contributed by atoms with Gasteiger partial charge in [0.25, 0.3) is 0 Å². The first-order valence-corrected chi connectivity index (χ1v) is 19.9. The Kier molecular flexibility index (Phi) is 6.83. The van der Waals surface area contributed by atoms with Crippen molar-refractivity contribution in [2.45, 2.75) is 10.8 Å². The number of hydrogen-bond donors (Lipinski definition) is 0. The quantitative estimate of drug-likeness (QED) is 0.171. The minimum Gasteiger partial charge on any atom is -0.310 e. The number of para-hydroxylation sites is 1. The second-order valence-electron chi connectivity index (χ2n) is 15.5. The van der Waals surface area contributed by atoms with E-state index < -0.39 is 10.8 Å². The highest BCUT2D eigenvalue weighted by Crippen LogP contribution is 2.63. The molecule has 0 aliphatic heterocycles. The van der Waals surface area contributed by atoms with Crippen LogP contribution in [-0.4, -0.2) is 0 Å². The maximum Gasteiger partial charge on any atom is 0.0726 e. The molecule has 1 heteroatoms. The van der Waals surface area contributed by atoms with Crippen molar-refractivity contribution in [3.05, 3.63) is 269 Å². The van der Waals surface area contributed by atoms with Crippen LogP contribution in [0.5, 0.6) is 0 Å². The smallest absolute Gasteiger partial charge is 0.0726 e. The number of anilines is 3. The lowest BCUT2D eigenvalue weighted by Crippen LogP contribution is -2.28. The zero-order valence-corrected chi connectivity index (χ0v) is 31.3. The van der Waals surface area contributed by atoms with E-state index in [1.165, 1.54) is 77.9 Å². The minimum absolute atomic E-state index is 0.417. The highest BCUT2D eigenvalue weighted by molar-refractivity contribution is 5.97. The standard InChI is InChI=1S/C56H37N/c1-4-18-38(19-5-1)55(39-20-6-2-7-21-39)49-28-14-13-27-46(49)48-36-41(33-35-53(48)55)57(40-22-8-3-9-23-40)42-32-34-47-45-26-12-17-31-52(45)56(54(47)37-42)50-29-15-10-24-43(50)44-25-11-16-30-51(44)56/h1-37H. The molecule has 57 heavy (non-hydrogen) atoms. The van der Waals surface area contributed by atoms with Crippen LogP contribution in [0.2, 0.25) is 0 Å². The van der Waals surface area contributed by atoms with Gasteiger partial charge in [-0.25, -0.2) is 0 Å². The van der Waals surface area contributed by atoms with Crippen LogP contribution >= 0.6 is 0 Å². The summed E-state index contributed by atoms with van der Waals surface area (Å²) in [6.45, 7) is 0. The SMILES string of the molecule is c1ccc(N(c2ccc3c(c2)-c2ccccc2C3(c2ccccc2)c2ccccc2)c2ccc3c(c2)C2(c4ccccc4-c4ccccc42)c2ccccc2-3)cc1. The van der Waals surface area contributed by atoms with Crippen molar-refractivity contribution in [3.63, 3.8) is 0 Å². The van der Waals surface area contributed by atoms with Crippen molar-refractivity contribution in [1.82, 2.24) is 0 Å². The predicted molar refractivity (Wildman–Crippen MR) is 235 cm³/mol. The topological polar surface area (TPSA) is 3.24 Å². The molecule has 3 aliphatic carbocycles. The first-order valence-electron chi connectivity index (χ1n) is 19.9. The molecule has 0 fully saturated rings. The van der Waals surface area contributed by atoms with Crippen LogP contribution in [0.4, 0.5) is 17.1 Å². The lowest BCUT2D eigenvalue weighted by Gasteiger charge is -2.34. The third-order valence-electron chi connectivity index (χ3n) is 13.0. The average molecular weight is 724 g/mol. The van der Waals surface area contributed by atoms with Crippen LogP contribution in [-0.2, 0) is 10.8 Å². The van der Waals surface area contributed by atoms with Gasteiger partial charge in [0.05, 0.1) is 10.8 Å². The van der Waals surface area contributed by atoms with Gasteiger partial charge in [0.2, 0.25) is 0 Å². The van der Waals surface area contributed by atoms with Crippen molar-refractivity contribution < 1.29 is 0 Å². The molecule has 0 N–H and O–H groups in total. The van der Waals surface area contributed by atoms with Gasteiger partial charge in [-0.3, -0.25) is 0 Å². The van der Waals surface area contributed by atoms with Gasteiger partial charge in [-0.05, 0) is 114 Å². The third-order valence-corrected chi connectivity index (χ3v) is 13.0. The van der Waals surface area contributed by atoms with Crippen molar-refractivity contribution in [2.75, 3.05) is 4.90 Å². The molecule has 9 aromatic carbocycles. The molecule has 0 saturated heterocycles. The van der Waals surface area contributed by atoms with Crippen LogP contribution in [0, 0.1) is 0 Å². The Morgan fingerprint density at radius 1 is 0.228 bits per heavy atom. The molecule has 266 valence electrons. The second kappa shape index (κ2) is 12.1. The van der Waals surface area contributed by atoms with E-state index in [-0.39, 0.29) is 0 Å². The number of nitrogens with zero attached hydrogens (tertiary/aromatic N) is 1. The first kappa shape index (κ1) is 32.1. The number of hydrogen-bond acceptors (Lipinski definition) is 1. The second-order valence-corrected chi connectivity index (χ2v) is 15.5. The molecule has 0 bridgehead atoms. The summed E-state index contributed by atoms with van der Waals surface area (Å²) in [5, 5.41) is 0. The van der Waals surface area contributed by atoms with Gasteiger partial charge in [0, 0.05) is 17.1 Å². The van der Waals surface area contributed by atoms with Crippen LogP contribution in [0.1, 0.15) is 44.5 Å². The van der Waals surface area contributed by atoms with E-state index in [1.54, 1.807) is 0 Å². The van der Waals surface area contributed by atoms with Gasteiger partial charge >= 0.3 is 0 Å². The average Bonchev–Trinajstić information content (AvgIpc) is 3.87. The third kappa shape index (κ3) is 4.23. The Hall–Kier alpha value is -7.22. The largest absolute Gasteiger partial charge is 0.310 e. The fourth-order valence-corrected chi connectivity index (χ4v) is 10.8. The van der Waals surface area contributed by atoms with E-state index in [9.17, 15) is 0 Å². The Morgan fingerprint density at radius 2 is 0.596 bits per heavy atom. The lowest BCUT2D eigenvalue weighted by molar-refractivity contribution is 0.768. The van der Waals surface area contributed by atoms with Crippen molar-refractivity contribution >= 4 is 17.1 Å². The van der Waals surface area contributed by atoms with Gasteiger partial charge in [0.1, 0.15) is 0 Å².